The van der Waals surface area contributed by atoms with Crippen LogP contribution in [0.2, 0.25) is 0 Å². The van der Waals surface area contributed by atoms with Crippen LogP contribution in [0.15, 0.2) is 58.2 Å². The van der Waals surface area contributed by atoms with Gasteiger partial charge in [-0.25, -0.2) is 15.0 Å². The molecule has 0 saturated carbocycles. The summed E-state index contributed by atoms with van der Waals surface area (Å²) in [6.45, 7) is 4.81. The van der Waals surface area contributed by atoms with Crippen molar-refractivity contribution in [3.05, 3.63) is 69.3 Å². The Bertz CT molecular complexity index is 1130. The molecule has 0 fully saturated rings. The molecule has 0 bridgehead atoms. The predicted octanol–water partition coefficient (Wildman–Crippen LogP) is 3.33. The van der Waals surface area contributed by atoms with Crippen molar-refractivity contribution < 1.29 is 4.79 Å². The second kappa shape index (κ2) is 7.51. The van der Waals surface area contributed by atoms with Gasteiger partial charge in [-0.2, -0.15) is 0 Å². The molecule has 0 unspecified atom stereocenters. The van der Waals surface area contributed by atoms with Gasteiger partial charge in [-0.15, -0.1) is 0 Å². The lowest BCUT2D eigenvalue weighted by atomic mass is 9.95. The fourth-order valence-electron chi connectivity index (χ4n) is 3.46. The Morgan fingerprint density at radius 2 is 2.03 bits per heavy atom. The van der Waals surface area contributed by atoms with Crippen molar-refractivity contribution in [3.63, 3.8) is 0 Å². The van der Waals surface area contributed by atoms with Crippen molar-refractivity contribution in [2.24, 2.45) is 0 Å². The number of carbonyl (C=O) groups is 1. The first kappa shape index (κ1) is 19.4. The van der Waals surface area contributed by atoms with Crippen LogP contribution in [0.3, 0.4) is 0 Å². The van der Waals surface area contributed by atoms with E-state index in [1.807, 2.05) is 17.0 Å². The highest BCUT2D eigenvalue weighted by atomic mass is 79.9. The minimum atomic E-state index is -0.328. The molecule has 7 nitrogen and oxygen atoms in total. The van der Waals surface area contributed by atoms with Gasteiger partial charge in [0.15, 0.2) is 5.78 Å². The number of carbonyl (C=O) groups excluding carboxylic acids is 1. The topological polar surface area (TPSA) is 81.0 Å². The summed E-state index contributed by atoms with van der Waals surface area (Å²) < 4.78 is 2.48. The van der Waals surface area contributed by atoms with E-state index in [2.05, 4.69) is 39.7 Å². The van der Waals surface area contributed by atoms with Gasteiger partial charge in [0.2, 0.25) is 5.95 Å². The van der Waals surface area contributed by atoms with Crippen molar-refractivity contribution in [2.75, 3.05) is 11.4 Å². The molecule has 2 aromatic heterocycles. The molecule has 1 aliphatic rings. The van der Waals surface area contributed by atoms with Crippen LogP contribution in [0.1, 0.15) is 30.6 Å². The van der Waals surface area contributed by atoms with E-state index in [1.54, 1.807) is 29.0 Å². The summed E-state index contributed by atoms with van der Waals surface area (Å²) in [7, 11) is 0. The second-order valence-corrected chi connectivity index (χ2v) is 8.52. The van der Waals surface area contributed by atoms with E-state index in [-0.39, 0.29) is 23.4 Å². The summed E-state index contributed by atoms with van der Waals surface area (Å²) >= 11 is 3.41. The van der Waals surface area contributed by atoms with Crippen molar-refractivity contribution >= 4 is 27.7 Å². The molecular formula is C21H20BrN5O2. The second-order valence-electron chi connectivity index (χ2n) is 7.61. The van der Waals surface area contributed by atoms with Crippen LogP contribution in [0.4, 0.5) is 5.95 Å². The number of hydrogen-bond acceptors (Lipinski definition) is 6. The average molecular weight is 454 g/mol. The van der Waals surface area contributed by atoms with Gasteiger partial charge in [0.25, 0.3) is 5.56 Å². The van der Waals surface area contributed by atoms with Gasteiger partial charge in [0, 0.05) is 34.4 Å². The Hall–Kier alpha value is -2.87. The van der Waals surface area contributed by atoms with Crippen LogP contribution in [-0.2, 0) is 6.54 Å². The smallest absolute Gasteiger partial charge is 0.255 e. The molecule has 3 heterocycles. The highest BCUT2D eigenvalue weighted by Crippen LogP contribution is 2.31. The number of ketones is 1. The lowest BCUT2D eigenvalue weighted by molar-refractivity contribution is 0.0989. The number of benzene rings is 1. The van der Waals surface area contributed by atoms with Gasteiger partial charge in [0.05, 0.1) is 17.9 Å². The third kappa shape index (κ3) is 3.85. The van der Waals surface area contributed by atoms with Crippen LogP contribution in [0, 0.1) is 0 Å². The number of hydrogen-bond donors (Lipinski definition) is 0. The minimum Gasteiger partial charge on any atom is -0.329 e. The molecule has 0 saturated heterocycles. The Morgan fingerprint density at radius 1 is 1.21 bits per heavy atom. The molecule has 4 rings (SSSR count). The van der Waals surface area contributed by atoms with E-state index < -0.39 is 0 Å². The molecule has 0 radical (unpaired) electrons. The van der Waals surface area contributed by atoms with Crippen LogP contribution < -0.4 is 10.5 Å². The first-order chi connectivity index (χ1) is 13.8. The molecule has 0 atom stereocenters. The van der Waals surface area contributed by atoms with E-state index in [0.717, 1.165) is 10.9 Å². The van der Waals surface area contributed by atoms with Crippen molar-refractivity contribution in [1.82, 2.24) is 19.5 Å². The number of anilines is 1. The first-order valence-corrected chi connectivity index (χ1v) is 10.1. The molecular weight excluding hydrogens is 434 g/mol. The molecule has 0 aliphatic carbocycles. The summed E-state index contributed by atoms with van der Waals surface area (Å²) in [6, 6.07) is 10.5. The van der Waals surface area contributed by atoms with E-state index in [9.17, 15) is 9.59 Å². The summed E-state index contributed by atoms with van der Waals surface area (Å²) in [5, 5.41) is 0. The molecule has 3 aromatic rings. The molecule has 8 heteroatoms. The summed E-state index contributed by atoms with van der Waals surface area (Å²) in [6.07, 6.45) is 3.77. The lowest BCUT2D eigenvalue weighted by Crippen LogP contribution is -2.53. The van der Waals surface area contributed by atoms with Crippen molar-refractivity contribution in [2.45, 2.75) is 32.4 Å². The maximum Gasteiger partial charge on any atom is 0.255 e. The number of aromatic nitrogens is 4. The van der Waals surface area contributed by atoms with Crippen LogP contribution in [0.25, 0.3) is 11.4 Å². The Labute approximate surface area is 176 Å². The third-order valence-corrected chi connectivity index (χ3v) is 5.69. The largest absolute Gasteiger partial charge is 0.329 e. The molecule has 0 spiro atoms. The molecule has 1 aliphatic heterocycles. The van der Waals surface area contributed by atoms with Crippen LogP contribution in [0.5, 0.6) is 0 Å². The first-order valence-electron chi connectivity index (χ1n) is 9.30. The maximum absolute atomic E-state index is 13.0. The zero-order valence-corrected chi connectivity index (χ0v) is 17.8. The molecule has 1 aromatic carbocycles. The molecule has 29 heavy (non-hydrogen) atoms. The van der Waals surface area contributed by atoms with Gasteiger partial charge in [-0.1, -0.05) is 28.1 Å². The predicted molar refractivity (Wildman–Crippen MR) is 114 cm³/mol. The molecule has 0 amide bonds. The van der Waals surface area contributed by atoms with Gasteiger partial charge in [-0.05, 0) is 38.5 Å². The summed E-state index contributed by atoms with van der Waals surface area (Å²) in [4.78, 5) is 40.6. The summed E-state index contributed by atoms with van der Waals surface area (Å²) in [5.74, 6) is 0.459. The van der Waals surface area contributed by atoms with Gasteiger partial charge < -0.3 is 4.90 Å². The zero-order chi connectivity index (χ0) is 20.6. The number of rotatable bonds is 4. The number of Topliss-reactive ketones (excluding diaryl/α,β-unsaturated/α-hetero) is 1. The minimum absolute atomic E-state index is 0.0329. The fraction of sp³-hybridized carbons (Fsp3) is 0.286. The maximum atomic E-state index is 13.0. The molecule has 148 valence electrons. The van der Waals surface area contributed by atoms with Crippen molar-refractivity contribution in [3.8, 4) is 11.4 Å². The standard InChI is InChI=1S/C21H20BrN5O2/c1-21(2)7-9-26-19(29)11-17(16-6-8-23-13-24-16)25-20(26)27(21)12-18(28)14-4-3-5-15(22)10-14/h3-6,8,10-11,13H,7,9,12H2,1-2H3. The highest BCUT2D eigenvalue weighted by molar-refractivity contribution is 9.10. The van der Waals surface area contributed by atoms with E-state index >= 15 is 0 Å². The molecule has 0 N–H and O–H groups in total. The third-order valence-electron chi connectivity index (χ3n) is 5.20. The zero-order valence-electron chi connectivity index (χ0n) is 16.2. The van der Waals surface area contributed by atoms with Gasteiger partial charge in [0.1, 0.15) is 6.33 Å². The fourth-order valence-corrected chi connectivity index (χ4v) is 3.86. The SMILES string of the molecule is CC1(C)CCn2c(nc(-c3ccncn3)cc2=O)N1CC(=O)c1cccc(Br)c1. The van der Waals surface area contributed by atoms with Crippen LogP contribution >= 0.6 is 15.9 Å². The van der Waals surface area contributed by atoms with E-state index in [0.29, 0.717) is 29.4 Å². The monoisotopic (exact) mass is 453 g/mol. The normalized spacial score (nSPS) is 15.1. The number of fused-ring (bicyclic) bond motifs is 1. The summed E-state index contributed by atoms with van der Waals surface area (Å²) in [5.41, 5.74) is 1.18. The quantitative estimate of drug-likeness (QED) is 0.563. The number of halogens is 1. The Kier molecular flexibility index (Phi) is 5.04. The van der Waals surface area contributed by atoms with Gasteiger partial charge in [-0.3, -0.25) is 14.2 Å². The Morgan fingerprint density at radius 3 is 2.76 bits per heavy atom. The lowest BCUT2D eigenvalue weighted by Gasteiger charge is -2.43. The van der Waals surface area contributed by atoms with Crippen LogP contribution in [-0.4, -0.2) is 37.4 Å². The van der Waals surface area contributed by atoms with E-state index in [4.69, 9.17) is 4.98 Å². The highest BCUT2D eigenvalue weighted by Gasteiger charge is 2.36. The van der Waals surface area contributed by atoms with E-state index in [1.165, 1.54) is 12.4 Å². The van der Waals surface area contributed by atoms with Crippen molar-refractivity contribution in [1.29, 1.82) is 0 Å². The number of nitrogens with zero attached hydrogens (tertiary/aromatic N) is 5. The van der Waals surface area contributed by atoms with Gasteiger partial charge >= 0.3 is 0 Å². The Balaban J connectivity index is 1.77. The average Bonchev–Trinajstić information content (AvgIpc) is 2.70.